The highest BCUT2D eigenvalue weighted by Gasteiger charge is 2.07. The molecule has 0 bridgehead atoms. The van der Waals surface area contributed by atoms with Crippen LogP contribution in [0.15, 0.2) is 60.1 Å². The van der Waals surface area contributed by atoms with Gasteiger partial charge < -0.3 is 14.2 Å². The molecular weight excluding hydrogens is 438 g/mol. The van der Waals surface area contributed by atoms with Crippen LogP contribution in [0, 0.1) is 32.1 Å². The quantitative estimate of drug-likeness (QED) is 0.278. The van der Waals surface area contributed by atoms with Crippen LogP contribution >= 0.6 is 11.3 Å². The fourth-order valence-electron chi connectivity index (χ4n) is 2.72. The van der Waals surface area contributed by atoms with E-state index in [0.717, 1.165) is 33.9 Å². The number of benzene rings is 2. The second-order valence-corrected chi connectivity index (χ2v) is 7.85. The van der Waals surface area contributed by atoms with Crippen LogP contribution in [0.4, 0.5) is 5.13 Å². The maximum Gasteiger partial charge on any atom is 0.267 e. The van der Waals surface area contributed by atoms with Gasteiger partial charge in [0.05, 0.1) is 7.11 Å². The summed E-state index contributed by atoms with van der Waals surface area (Å²) in [6.45, 7) is 10.4. The molecule has 0 aliphatic rings. The summed E-state index contributed by atoms with van der Waals surface area (Å²) in [5, 5.41) is 12.9. The Morgan fingerprint density at radius 1 is 1.12 bits per heavy atom. The smallest absolute Gasteiger partial charge is 0.267 e. The first kappa shape index (κ1) is 25.4. The summed E-state index contributed by atoms with van der Waals surface area (Å²) in [7, 11) is 1.65. The summed E-state index contributed by atoms with van der Waals surface area (Å²) < 4.78 is 16.9. The molecule has 33 heavy (non-hydrogen) atoms. The molecule has 1 heterocycles. The molecule has 0 saturated heterocycles. The van der Waals surface area contributed by atoms with Crippen molar-refractivity contribution in [1.29, 1.82) is 5.26 Å². The molecule has 1 N–H and O–H groups in total. The topological polar surface area (TPSA) is 93.5 Å². The maximum atomic E-state index is 11.0. The van der Waals surface area contributed by atoms with E-state index in [4.69, 9.17) is 19.5 Å². The molecule has 1 aromatic heterocycles. The second kappa shape index (κ2) is 12.9. The highest BCUT2D eigenvalue weighted by Crippen LogP contribution is 2.28. The normalized spacial score (nSPS) is 9.67. The number of methoxy groups -OCH3 is 1. The average Bonchev–Trinajstić information content (AvgIpc) is 3.31. The van der Waals surface area contributed by atoms with Crippen LogP contribution in [-0.4, -0.2) is 31.2 Å². The number of ether oxygens (including phenoxy) is 3. The van der Waals surface area contributed by atoms with Gasteiger partial charge in [0, 0.05) is 11.6 Å². The Kier molecular flexibility index (Phi) is 9.93. The van der Waals surface area contributed by atoms with Crippen molar-refractivity contribution in [1.82, 2.24) is 4.98 Å². The Hall–Kier alpha value is -3.83. The Bertz CT molecular complexity index is 1100. The van der Waals surface area contributed by atoms with Crippen molar-refractivity contribution in [2.45, 2.75) is 20.8 Å². The molecule has 0 spiro atoms. The van der Waals surface area contributed by atoms with Gasteiger partial charge in [-0.2, -0.15) is 5.26 Å². The van der Waals surface area contributed by atoms with Crippen LogP contribution < -0.4 is 19.5 Å². The molecule has 0 aliphatic heterocycles. The number of aryl methyl sites for hydroxylation is 3. The van der Waals surface area contributed by atoms with Crippen molar-refractivity contribution in [3.05, 3.63) is 76.8 Å². The molecule has 0 radical (unpaired) electrons. The van der Waals surface area contributed by atoms with Crippen LogP contribution in [0.2, 0.25) is 0 Å². The van der Waals surface area contributed by atoms with Crippen LogP contribution in [0.3, 0.4) is 0 Å². The monoisotopic (exact) mass is 465 g/mol. The summed E-state index contributed by atoms with van der Waals surface area (Å²) >= 11 is 1.29. The molecule has 3 aromatic rings. The Balaban J connectivity index is 0.000000273. The van der Waals surface area contributed by atoms with Crippen LogP contribution in [0.25, 0.3) is 0 Å². The van der Waals surface area contributed by atoms with Gasteiger partial charge >= 0.3 is 0 Å². The highest BCUT2D eigenvalue weighted by atomic mass is 32.1. The standard InChI is InChI=1S/C18H22O3.C7H5N3OS/c1-13-8-9-16(17(12-13)19-4)20-10-11-21-18-14(2)6-5-7-15(18)3;1-5(4-8)6(11)10-7-9-2-3-12-7/h5-9,12H,10-11H2,1-4H3;2-3H,1H2,(H,9,10,11). The van der Waals surface area contributed by atoms with Gasteiger partial charge in [-0.05, 0) is 49.6 Å². The highest BCUT2D eigenvalue weighted by molar-refractivity contribution is 7.13. The number of anilines is 1. The van der Waals surface area contributed by atoms with E-state index in [2.05, 4.69) is 16.9 Å². The number of nitriles is 1. The molecule has 172 valence electrons. The summed E-state index contributed by atoms with van der Waals surface area (Å²) in [6, 6.07) is 13.7. The number of carbonyl (C=O) groups is 1. The number of carbonyl (C=O) groups excluding carboxylic acids is 1. The summed E-state index contributed by atoms with van der Waals surface area (Å²) in [5.74, 6) is 1.93. The van der Waals surface area contributed by atoms with Crippen molar-refractivity contribution < 1.29 is 19.0 Å². The molecule has 0 atom stereocenters. The molecule has 0 unspecified atom stereocenters. The van der Waals surface area contributed by atoms with E-state index in [1.807, 2.05) is 57.2 Å². The Labute approximate surface area is 198 Å². The minimum Gasteiger partial charge on any atom is -0.493 e. The molecule has 2 aromatic carbocycles. The third kappa shape index (κ3) is 7.98. The third-order valence-corrected chi connectivity index (χ3v) is 5.07. The van der Waals surface area contributed by atoms with E-state index in [1.165, 1.54) is 11.3 Å². The number of nitrogens with one attached hydrogen (secondary N) is 1. The number of rotatable bonds is 8. The molecule has 0 fully saturated rings. The Morgan fingerprint density at radius 3 is 2.42 bits per heavy atom. The maximum absolute atomic E-state index is 11.0. The number of aromatic nitrogens is 1. The lowest BCUT2D eigenvalue weighted by molar-refractivity contribution is -0.112. The van der Waals surface area contributed by atoms with Gasteiger partial charge in [0.1, 0.15) is 30.6 Å². The first-order valence-electron chi connectivity index (χ1n) is 10.1. The summed E-state index contributed by atoms with van der Waals surface area (Å²) in [6.07, 6.45) is 1.56. The summed E-state index contributed by atoms with van der Waals surface area (Å²) in [5.41, 5.74) is 3.31. The molecule has 0 saturated carbocycles. The van der Waals surface area contributed by atoms with Gasteiger partial charge in [-0.3, -0.25) is 10.1 Å². The van der Waals surface area contributed by atoms with Crippen LogP contribution in [-0.2, 0) is 4.79 Å². The van der Waals surface area contributed by atoms with Crippen molar-refractivity contribution in [2.24, 2.45) is 0 Å². The van der Waals surface area contributed by atoms with Crippen LogP contribution in [0.1, 0.15) is 16.7 Å². The number of hydrogen-bond donors (Lipinski definition) is 1. The van der Waals surface area contributed by atoms with E-state index in [9.17, 15) is 4.79 Å². The van der Waals surface area contributed by atoms with Crippen molar-refractivity contribution >= 4 is 22.4 Å². The van der Waals surface area contributed by atoms with Gasteiger partial charge in [0.2, 0.25) is 0 Å². The molecule has 8 heteroatoms. The van der Waals surface area contributed by atoms with Gasteiger partial charge in [-0.25, -0.2) is 4.98 Å². The molecular formula is C25H27N3O4S. The summed E-state index contributed by atoms with van der Waals surface area (Å²) in [4.78, 5) is 14.8. The lowest BCUT2D eigenvalue weighted by Crippen LogP contribution is -2.12. The van der Waals surface area contributed by atoms with Crippen molar-refractivity contribution in [3.8, 4) is 23.3 Å². The number of para-hydroxylation sites is 1. The van der Waals surface area contributed by atoms with Gasteiger partial charge in [0.25, 0.3) is 5.91 Å². The van der Waals surface area contributed by atoms with E-state index in [1.54, 1.807) is 24.8 Å². The SMILES string of the molecule is C=C(C#N)C(=O)Nc1nccs1.COc1cc(C)ccc1OCCOc1c(C)cccc1C. The van der Waals surface area contributed by atoms with Crippen LogP contribution in [0.5, 0.6) is 17.2 Å². The fraction of sp³-hybridized carbons (Fsp3) is 0.240. The number of amides is 1. The first-order chi connectivity index (χ1) is 15.8. The zero-order valence-corrected chi connectivity index (χ0v) is 20.0. The number of thiazole rings is 1. The molecule has 1 amide bonds. The van der Waals surface area contributed by atoms with Gasteiger partial charge in [-0.1, -0.05) is 30.8 Å². The predicted octanol–water partition coefficient (Wildman–Crippen LogP) is 5.24. The minimum absolute atomic E-state index is 0.120. The van der Waals surface area contributed by atoms with Gasteiger partial charge in [-0.15, -0.1) is 11.3 Å². The predicted molar refractivity (Wildman–Crippen MR) is 130 cm³/mol. The molecule has 3 rings (SSSR count). The van der Waals surface area contributed by atoms with E-state index >= 15 is 0 Å². The fourth-order valence-corrected chi connectivity index (χ4v) is 3.25. The zero-order valence-electron chi connectivity index (χ0n) is 19.2. The number of hydrogen-bond acceptors (Lipinski definition) is 7. The molecule has 0 aliphatic carbocycles. The number of nitrogens with zero attached hydrogens (tertiary/aromatic N) is 2. The zero-order chi connectivity index (χ0) is 24.2. The average molecular weight is 466 g/mol. The third-order valence-electron chi connectivity index (χ3n) is 4.38. The van der Waals surface area contributed by atoms with E-state index < -0.39 is 5.91 Å². The lowest BCUT2D eigenvalue weighted by Gasteiger charge is -2.14. The van der Waals surface area contributed by atoms with Gasteiger partial charge in [0.15, 0.2) is 16.6 Å². The van der Waals surface area contributed by atoms with E-state index in [-0.39, 0.29) is 5.57 Å². The second-order valence-electron chi connectivity index (χ2n) is 6.95. The van der Waals surface area contributed by atoms with E-state index in [0.29, 0.717) is 18.3 Å². The molecule has 7 nitrogen and oxygen atoms in total. The first-order valence-corrected chi connectivity index (χ1v) is 11.0. The lowest BCUT2D eigenvalue weighted by atomic mass is 10.1. The largest absolute Gasteiger partial charge is 0.493 e. The Morgan fingerprint density at radius 2 is 1.82 bits per heavy atom. The minimum atomic E-state index is -0.507. The van der Waals surface area contributed by atoms with Crippen molar-refractivity contribution in [3.63, 3.8) is 0 Å². The van der Waals surface area contributed by atoms with Crippen molar-refractivity contribution in [2.75, 3.05) is 25.6 Å².